The summed E-state index contributed by atoms with van der Waals surface area (Å²) in [6, 6.07) is 6.07. The predicted molar refractivity (Wildman–Crippen MR) is 148 cm³/mol. The summed E-state index contributed by atoms with van der Waals surface area (Å²) >= 11 is 0. The fraction of sp³-hybridized carbons (Fsp3) is 0.519. The largest absolute Gasteiger partial charge is 0.480 e. The average molecular weight is 526 g/mol. The number of fused-ring (bicyclic) bond motifs is 1. The molecule has 3 aromatic rings. The van der Waals surface area contributed by atoms with Gasteiger partial charge in [-0.1, -0.05) is 0 Å². The molecular weight excluding hydrogens is 486 g/mol. The summed E-state index contributed by atoms with van der Waals surface area (Å²) in [6.07, 6.45) is 7.48. The van der Waals surface area contributed by atoms with Crippen molar-refractivity contribution in [3.05, 3.63) is 36.3 Å². The van der Waals surface area contributed by atoms with Gasteiger partial charge in [-0.05, 0) is 70.6 Å². The highest BCUT2D eigenvalue weighted by Gasteiger charge is 2.21. The lowest BCUT2D eigenvalue weighted by Crippen LogP contribution is -2.32. The second-order valence-corrected chi connectivity index (χ2v) is 9.75. The Morgan fingerprint density at radius 2 is 2.13 bits per heavy atom. The molecule has 4 rings (SSSR count). The molecule has 1 aromatic carbocycles. The summed E-state index contributed by atoms with van der Waals surface area (Å²) in [5.74, 6) is 0.170. The van der Waals surface area contributed by atoms with Crippen LogP contribution < -0.4 is 20.3 Å². The lowest BCUT2D eigenvalue weighted by molar-refractivity contribution is -0.139. The summed E-state index contributed by atoms with van der Waals surface area (Å²) in [5, 5.41) is 16.8. The SMILES string of the molecule is CNCCCN(C)Cc1c[nH]c2ncnc(Nc3ccc(N(C)C4CCCOCC4)c(OCC(=O)O)c3)c12. The molecule has 1 atom stereocenters. The van der Waals surface area contributed by atoms with Crippen molar-refractivity contribution >= 4 is 34.2 Å². The minimum atomic E-state index is -1.02. The van der Waals surface area contributed by atoms with E-state index in [4.69, 9.17) is 9.47 Å². The Hall–Kier alpha value is -3.41. The molecule has 11 heteroatoms. The summed E-state index contributed by atoms with van der Waals surface area (Å²) in [4.78, 5) is 28.0. The number of hydrogen-bond acceptors (Lipinski definition) is 9. The molecule has 11 nitrogen and oxygen atoms in total. The summed E-state index contributed by atoms with van der Waals surface area (Å²) in [5.41, 5.74) is 3.46. The third-order valence-electron chi connectivity index (χ3n) is 6.88. The van der Waals surface area contributed by atoms with E-state index in [0.29, 0.717) is 18.2 Å². The van der Waals surface area contributed by atoms with Crippen LogP contribution in [0.3, 0.4) is 0 Å². The van der Waals surface area contributed by atoms with Gasteiger partial charge in [-0.25, -0.2) is 14.8 Å². The van der Waals surface area contributed by atoms with Crippen LogP contribution in [-0.4, -0.2) is 91.0 Å². The summed E-state index contributed by atoms with van der Waals surface area (Å²) in [7, 11) is 6.09. The number of H-pyrrole nitrogens is 1. The molecule has 0 bridgehead atoms. The van der Waals surface area contributed by atoms with E-state index in [9.17, 15) is 9.90 Å². The van der Waals surface area contributed by atoms with Gasteiger partial charge in [0.1, 0.15) is 23.5 Å². The maximum absolute atomic E-state index is 11.3. The van der Waals surface area contributed by atoms with Crippen molar-refractivity contribution in [1.82, 2.24) is 25.2 Å². The number of ether oxygens (including phenoxy) is 2. The van der Waals surface area contributed by atoms with Crippen molar-refractivity contribution in [3.8, 4) is 5.75 Å². The van der Waals surface area contributed by atoms with Crippen LogP contribution in [0, 0.1) is 0 Å². The number of nitrogens with zero attached hydrogens (tertiary/aromatic N) is 4. The van der Waals surface area contributed by atoms with Crippen molar-refractivity contribution in [2.75, 3.05) is 64.3 Å². The fourth-order valence-corrected chi connectivity index (χ4v) is 4.89. The predicted octanol–water partition coefficient (Wildman–Crippen LogP) is 3.21. The lowest BCUT2D eigenvalue weighted by Gasteiger charge is -2.30. The van der Waals surface area contributed by atoms with E-state index in [1.165, 1.54) is 6.33 Å². The van der Waals surface area contributed by atoms with Crippen molar-refractivity contribution in [3.63, 3.8) is 0 Å². The molecule has 1 saturated heterocycles. The number of benzene rings is 1. The maximum atomic E-state index is 11.3. The number of anilines is 3. The molecule has 4 N–H and O–H groups in total. The van der Waals surface area contributed by atoms with Gasteiger partial charge in [0.25, 0.3) is 0 Å². The molecule has 0 saturated carbocycles. The number of aromatic nitrogens is 3. The first-order valence-electron chi connectivity index (χ1n) is 13.2. The molecule has 206 valence electrons. The van der Waals surface area contributed by atoms with E-state index in [1.807, 2.05) is 38.5 Å². The number of carbonyl (C=O) groups is 1. The molecule has 1 aliphatic heterocycles. The second-order valence-electron chi connectivity index (χ2n) is 9.75. The lowest BCUT2D eigenvalue weighted by atomic mass is 10.1. The Balaban J connectivity index is 1.58. The molecule has 3 heterocycles. The van der Waals surface area contributed by atoms with Gasteiger partial charge < -0.3 is 40.0 Å². The van der Waals surface area contributed by atoms with Crippen molar-refractivity contribution < 1.29 is 19.4 Å². The van der Waals surface area contributed by atoms with Gasteiger partial charge in [-0.15, -0.1) is 0 Å². The van der Waals surface area contributed by atoms with Gasteiger partial charge in [0.15, 0.2) is 6.61 Å². The first kappa shape index (κ1) is 27.6. The minimum Gasteiger partial charge on any atom is -0.480 e. The number of hydrogen-bond donors (Lipinski definition) is 4. The van der Waals surface area contributed by atoms with Gasteiger partial charge >= 0.3 is 5.97 Å². The van der Waals surface area contributed by atoms with E-state index < -0.39 is 12.6 Å². The van der Waals surface area contributed by atoms with E-state index in [1.54, 1.807) is 0 Å². The van der Waals surface area contributed by atoms with E-state index in [-0.39, 0.29) is 6.04 Å². The number of nitrogens with one attached hydrogen (secondary N) is 3. The number of aliphatic carboxylic acids is 1. The maximum Gasteiger partial charge on any atom is 0.341 e. The quantitative estimate of drug-likeness (QED) is 0.247. The number of carboxylic acids is 1. The molecule has 1 fully saturated rings. The first-order chi connectivity index (χ1) is 18.5. The summed E-state index contributed by atoms with van der Waals surface area (Å²) < 4.78 is 11.4. The molecule has 1 unspecified atom stereocenters. The van der Waals surface area contributed by atoms with Crippen LogP contribution in [0.15, 0.2) is 30.7 Å². The van der Waals surface area contributed by atoms with Gasteiger partial charge in [0.05, 0.1) is 11.1 Å². The minimum absolute atomic E-state index is 0.289. The molecule has 0 spiro atoms. The molecule has 2 aromatic heterocycles. The Labute approximate surface area is 223 Å². The first-order valence-corrected chi connectivity index (χ1v) is 13.2. The highest BCUT2D eigenvalue weighted by Crippen LogP contribution is 2.35. The van der Waals surface area contributed by atoms with Crippen molar-refractivity contribution in [2.45, 2.75) is 38.3 Å². The van der Waals surface area contributed by atoms with Crippen LogP contribution in [0.1, 0.15) is 31.2 Å². The standard InChI is InChI=1S/C27H39N7O4/c1-28-10-5-11-33(2)16-19-15-29-26-25(19)27(31-18-30-26)32-20-7-8-22(23(14-20)38-17-24(35)36)34(3)21-6-4-12-37-13-9-21/h7-8,14-15,18,21,28H,4-6,9-13,16-17H2,1-3H3,(H,35,36)(H2,29,30,31,32). The normalized spacial score (nSPS) is 15.9. The Morgan fingerprint density at radius 1 is 1.26 bits per heavy atom. The van der Waals surface area contributed by atoms with Crippen LogP contribution in [-0.2, 0) is 16.1 Å². The van der Waals surface area contributed by atoms with Gasteiger partial charge in [-0.2, -0.15) is 0 Å². The van der Waals surface area contributed by atoms with Gasteiger partial charge in [-0.3, -0.25) is 0 Å². The molecule has 0 aliphatic carbocycles. The Kier molecular flexibility index (Phi) is 9.74. The van der Waals surface area contributed by atoms with E-state index >= 15 is 0 Å². The molecule has 1 aliphatic rings. The Morgan fingerprint density at radius 3 is 2.95 bits per heavy atom. The number of rotatable bonds is 13. The fourth-order valence-electron chi connectivity index (χ4n) is 4.89. The van der Waals surface area contributed by atoms with Crippen LogP contribution in [0.4, 0.5) is 17.2 Å². The number of aromatic amines is 1. The molecule has 38 heavy (non-hydrogen) atoms. The zero-order chi connectivity index (χ0) is 26.9. The summed E-state index contributed by atoms with van der Waals surface area (Å²) in [6.45, 7) is 3.77. The smallest absolute Gasteiger partial charge is 0.341 e. The molecule has 0 radical (unpaired) electrons. The van der Waals surface area contributed by atoms with Crippen LogP contribution in [0.2, 0.25) is 0 Å². The van der Waals surface area contributed by atoms with E-state index in [2.05, 4.69) is 42.4 Å². The monoisotopic (exact) mass is 525 g/mol. The van der Waals surface area contributed by atoms with Crippen LogP contribution >= 0.6 is 0 Å². The van der Waals surface area contributed by atoms with Gasteiger partial charge in [0, 0.05) is 50.8 Å². The van der Waals surface area contributed by atoms with Crippen LogP contribution in [0.5, 0.6) is 5.75 Å². The van der Waals surface area contributed by atoms with Crippen molar-refractivity contribution in [1.29, 1.82) is 0 Å². The van der Waals surface area contributed by atoms with Crippen molar-refractivity contribution in [2.24, 2.45) is 0 Å². The zero-order valence-electron chi connectivity index (χ0n) is 22.5. The third-order valence-corrected chi connectivity index (χ3v) is 6.88. The zero-order valence-corrected chi connectivity index (χ0v) is 22.5. The highest BCUT2D eigenvalue weighted by atomic mass is 16.5. The second kappa shape index (κ2) is 13.4. The molecule has 0 amide bonds. The third kappa shape index (κ3) is 7.12. The Bertz CT molecular complexity index is 1190. The van der Waals surface area contributed by atoms with E-state index in [0.717, 1.165) is 79.9 Å². The topological polar surface area (TPSA) is 128 Å². The molecular formula is C27H39N7O4. The average Bonchev–Trinajstić information content (AvgIpc) is 3.12. The number of carboxylic acid groups (broad SMARTS) is 1. The van der Waals surface area contributed by atoms with Crippen LogP contribution in [0.25, 0.3) is 11.0 Å². The highest BCUT2D eigenvalue weighted by molar-refractivity contribution is 5.92. The van der Waals surface area contributed by atoms with Gasteiger partial charge in [0.2, 0.25) is 0 Å².